The molecule has 1 aromatic carbocycles. The molecule has 0 radical (unpaired) electrons. The van der Waals surface area contributed by atoms with E-state index in [1.807, 2.05) is 6.92 Å². The van der Waals surface area contributed by atoms with Crippen molar-refractivity contribution in [2.75, 3.05) is 0 Å². The van der Waals surface area contributed by atoms with Crippen LogP contribution in [0.5, 0.6) is 0 Å². The first-order valence-corrected chi connectivity index (χ1v) is 4.71. The monoisotopic (exact) mass is 181 g/mol. The van der Waals surface area contributed by atoms with E-state index in [2.05, 4.69) is 4.25 Å². The SMILES string of the molecule is [C-]#[N+]S(=O)(=O)c1ccc(C)cc1. The van der Waals surface area contributed by atoms with Crippen molar-refractivity contribution in [2.24, 2.45) is 0 Å². The maximum atomic E-state index is 11.0. The Bertz CT molecular complexity index is 411. The summed E-state index contributed by atoms with van der Waals surface area (Å²) in [6, 6.07) is 6.20. The summed E-state index contributed by atoms with van der Waals surface area (Å²) in [6.45, 7) is 8.29. The van der Waals surface area contributed by atoms with Gasteiger partial charge in [0.15, 0.2) is 0 Å². The van der Waals surface area contributed by atoms with Gasteiger partial charge in [-0.2, -0.15) is 4.25 Å². The summed E-state index contributed by atoms with van der Waals surface area (Å²) < 4.78 is 24.5. The second-order valence-electron chi connectivity index (χ2n) is 2.38. The first kappa shape index (κ1) is 8.75. The summed E-state index contributed by atoms with van der Waals surface area (Å²) >= 11 is 0. The molecule has 1 rings (SSSR count). The van der Waals surface area contributed by atoms with E-state index in [0.29, 0.717) is 0 Å². The van der Waals surface area contributed by atoms with Crippen LogP contribution in [0.3, 0.4) is 0 Å². The maximum Gasteiger partial charge on any atom is 0.468 e. The zero-order chi connectivity index (χ0) is 9.19. The number of nitrogens with zero attached hydrogens (tertiary/aromatic N) is 1. The third-order valence-corrected chi connectivity index (χ3v) is 2.55. The lowest BCUT2D eigenvalue weighted by Crippen LogP contribution is -1.92. The Morgan fingerprint density at radius 3 is 2.17 bits per heavy atom. The van der Waals surface area contributed by atoms with Crippen LogP contribution in [0.4, 0.5) is 0 Å². The molecule has 0 amide bonds. The molecule has 0 aliphatic rings. The lowest BCUT2D eigenvalue weighted by molar-refractivity contribution is 0.604. The standard InChI is InChI=1S/C8H7NO2S/c1-7-3-5-8(6-4-7)12(10,11)9-2/h3-6H,1H3. The Morgan fingerprint density at radius 1 is 1.25 bits per heavy atom. The van der Waals surface area contributed by atoms with Gasteiger partial charge in [-0.3, -0.25) is 0 Å². The Kier molecular flexibility index (Phi) is 2.15. The molecule has 0 fully saturated rings. The highest BCUT2D eigenvalue weighted by Crippen LogP contribution is 2.12. The smallest absolute Gasteiger partial charge is 0.206 e. The molecule has 4 heteroatoms. The Morgan fingerprint density at radius 2 is 1.75 bits per heavy atom. The minimum absolute atomic E-state index is 0.0584. The molecule has 0 heterocycles. The van der Waals surface area contributed by atoms with E-state index in [1.165, 1.54) is 12.1 Å². The molecule has 62 valence electrons. The topological polar surface area (TPSA) is 38.5 Å². The second kappa shape index (κ2) is 2.95. The summed E-state index contributed by atoms with van der Waals surface area (Å²) in [5.41, 5.74) is 0.971. The van der Waals surface area contributed by atoms with Gasteiger partial charge in [-0.15, -0.1) is 8.42 Å². The van der Waals surface area contributed by atoms with E-state index in [4.69, 9.17) is 6.57 Å². The van der Waals surface area contributed by atoms with Crippen molar-refractivity contribution in [2.45, 2.75) is 11.8 Å². The van der Waals surface area contributed by atoms with Crippen molar-refractivity contribution < 1.29 is 8.42 Å². The quantitative estimate of drug-likeness (QED) is 0.617. The summed E-state index contributed by atoms with van der Waals surface area (Å²) in [4.78, 5) is 0.0584. The normalized spacial score (nSPS) is 10.7. The summed E-state index contributed by atoms with van der Waals surface area (Å²) in [5.74, 6) is 0. The van der Waals surface area contributed by atoms with Gasteiger partial charge in [0.2, 0.25) is 0 Å². The maximum absolute atomic E-state index is 11.0. The van der Waals surface area contributed by atoms with Gasteiger partial charge in [-0.05, 0) is 19.1 Å². The lowest BCUT2D eigenvalue weighted by Gasteiger charge is -1.91. The van der Waals surface area contributed by atoms with Crippen molar-refractivity contribution >= 4 is 10.0 Å². The predicted molar refractivity (Wildman–Crippen MR) is 45.0 cm³/mol. The molecule has 0 saturated carbocycles. The highest BCUT2D eigenvalue weighted by atomic mass is 32.2. The van der Waals surface area contributed by atoms with Crippen molar-refractivity contribution in [3.05, 3.63) is 40.7 Å². The molecule has 0 N–H and O–H groups in total. The average molecular weight is 181 g/mol. The van der Waals surface area contributed by atoms with Crippen molar-refractivity contribution in [3.63, 3.8) is 0 Å². The van der Waals surface area contributed by atoms with E-state index in [9.17, 15) is 8.42 Å². The van der Waals surface area contributed by atoms with E-state index >= 15 is 0 Å². The van der Waals surface area contributed by atoms with Crippen LogP contribution in [0.1, 0.15) is 5.56 Å². The second-order valence-corrected chi connectivity index (χ2v) is 3.98. The van der Waals surface area contributed by atoms with Gasteiger partial charge >= 0.3 is 10.0 Å². The predicted octanol–water partition coefficient (Wildman–Crippen LogP) is 1.60. The molecule has 1 aromatic rings. The molecule has 0 bridgehead atoms. The third kappa shape index (κ3) is 1.63. The van der Waals surface area contributed by atoms with Gasteiger partial charge in [-0.1, -0.05) is 17.7 Å². The van der Waals surface area contributed by atoms with Crippen molar-refractivity contribution in [3.8, 4) is 0 Å². The van der Waals surface area contributed by atoms with Crippen LogP contribution in [-0.4, -0.2) is 8.42 Å². The van der Waals surface area contributed by atoms with Crippen LogP contribution in [0.2, 0.25) is 0 Å². The van der Waals surface area contributed by atoms with E-state index in [0.717, 1.165) is 5.56 Å². The van der Waals surface area contributed by atoms with E-state index in [1.54, 1.807) is 12.1 Å². The number of hydrogen-bond acceptors (Lipinski definition) is 2. The molecule has 0 aliphatic carbocycles. The third-order valence-electron chi connectivity index (χ3n) is 1.44. The van der Waals surface area contributed by atoms with Gasteiger partial charge in [-0.25, -0.2) is 6.57 Å². The number of rotatable bonds is 1. The fraction of sp³-hybridized carbons (Fsp3) is 0.125. The molecule has 0 atom stereocenters. The summed E-state index contributed by atoms with van der Waals surface area (Å²) in [5, 5.41) is 0. The van der Waals surface area contributed by atoms with E-state index in [-0.39, 0.29) is 4.90 Å². The zero-order valence-electron chi connectivity index (χ0n) is 6.48. The largest absolute Gasteiger partial charge is 0.468 e. The summed E-state index contributed by atoms with van der Waals surface area (Å²) in [6.07, 6.45) is 0. The molecular weight excluding hydrogens is 174 g/mol. The van der Waals surface area contributed by atoms with Crippen LogP contribution < -0.4 is 0 Å². The molecule has 0 aromatic heterocycles. The molecular formula is C8H7NO2S. The highest BCUT2D eigenvalue weighted by molar-refractivity contribution is 7.93. The fourth-order valence-electron chi connectivity index (χ4n) is 0.763. The van der Waals surface area contributed by atoms with E-state index < -0.39 is 10.0 Å². The molecule has 0 spiro atoms. The molecule has 0 saturated heterocycles. The van der Waals surface area contributed by atoms with Gasteiger partial charge in [0.05, 0.1) is 0 Å². The number of aryl methyl sites for hydroxylation is 1. The van der Waals surface area contributed by atoms with Crippen molar-refractivity contribution in [1.29, 1.82) is 0 Å². The molecule has 0 unspecified atom stereocenters. The average Bonchev–Trinajstić information content (AvgIpc) is 2.05. The minimum atomic E-state index is -3.72. The number of benzene rings is 1. The summed E-state index contributed by atoms with van der Waals surface area (Å²) in [7, 11) is -3.72. The Hall–Kier alpha value is -1.34. The highest BCUT2D eigenvalue weighted by Gasteiger charge is 2.16. The molecule has 12 heavy (non-hydrogen) atoms. The Balaban J connectivity index is 3.26. The molecule has 0 aliphatic heterocycles. The van der Waals surface area contributed by atoms with Gasteiger partial charge in [0, 0.05) is 0 Å². The minimum Gasteiger partial charge on any atom is -0.206 e. The van der Waals surface area contributed by atoms with Crippen LogP contribution in [-0.2, 0) is 10.0 Å². The van der Waals surface area contributed by atoms with Crippen LogP contribution in [0, 0.1) is 13.5 Å². The van der Waals surface area contributed by atoms with Crippen LogP contribution in [0.25, 0.3) is 4.25 Å². The van der Waals surface area contributed by atoms with Crippen molar-refractivity contribution in [1.82, 2.24) is 0 Å². The van der Waals surface area contributed by atoms with Crippen LogP contribution in [0.15, 0.2) is 29.2 Å². The first-order chi connectivity index (χ1) is 5.56. The van der Waals surface area contributed by atoms with Gasteiger partial charge in [0.25, 0.3) is 0 Å². The van der Waals surface area contributed by atoms with Gasteiger partial charge < -0.3 is 0 Å². The zero-order valence-corrected chi connectivity index (χ0v) is 7.30. The lowest BCUT2D eigenvalue weighted by atomic mass is 10.2. The number of sulfonamides is 1. The van der Waals surface area contributed by atoms with Crippen LogP contribution >= 0.6 is 0 Å². The van der Waals surface area contributed by atoms with Gasteiger partial charge in [0.1, 0.15) is 4.90 Å². The Labute approximate surface area is 71.5 Å². The number of hydrogen-bond donors (Lipinski definition) is 0. The molecule has 3 nitrogen and oxygen atoms in total. The fourth-order valence-corrected chi connectivity index (χ4v) is 1.35. The first-order valence-electron chi connectivity index (χ1n) is 3.27.